The Kier molecular flexibility index (Phi) is 6.38. The molecule has 0 spiro atoms. The summed E-state index contributed by atoms with van der Waals surface area (Å²) in [4.78, 5) is 15.7. The van der Waals surface area contributed by atoms with Crippen LogP contribution in [0.15, 0.2) is 0 Å². The molecule has 0 aromatic rings. The maximum absolute atomic E-state index is 13.0. The van der Waals surface area contributed by atoms with Gasteiger partial charge in [-0.05, 0) is 0 Å². The summed E-state index contributed by atoms with van der Waals surface area (Å²) in [5, 5.41) is 0. The molecule has 0 saturated heterocycles. The Bertz CT molecular complexity index is 578. The first-order valence-corrected chi connectivity index (χ1v) is 6.83. The monoisotopic (exact) mass is 484 g/mol. The van der Waals surface area contributed by atoms with Crippen molar-refractivity contribution in [2.45, 2.75) is 47.4 Å². The van der Waals surface area contributed by atoms with Gasteiger partial charge in [0.2, 0.25) is 8.38 Å². The molecule has 28 heavy (non-hydrogen) atoms. The van der Waals surface area contributed by atoms with Crippen molar-refractivity contribution in [3.8, 4) is 0 Å². The van der Waals surface area contributed by atoms with Crippen LogP contribution in [-0.2, 0) is 0 Å². The summed E-state index contributed by atoms with van der Waals surface area (Å²) in [7, 11) is -5.71. The predicted molar refractivity (Wildman–Crippen MR) is 52.0 cm³/mol. The molecule has 0 heterocycles. The third kappa shape index (κ3) is 3.16. The molecule has 0 bridgehead atoms. The molecular formula is C8H2F17O2P. The highest BCUT2D eigenvalue weighted by atomic mass is 31.2. The lowest BCUT2D eigenvalue weighted by atomic mass is 9.91. The molecule has 0 saturated carbocycles. The maximum atomic E-state index is 13.0. The summed E-state index contributed by atoms with van der Waals surface area (Å²) in [6, 6.07) is 0. The SMILES string of the molecule is OP(O)C(F)(F)C(F)(F)C(F)(F)C(F)(F)C(F)(F)C(F)(F)C(F)(F)C(F)(F)F. The van der Waals surface area contributed by atoms with Crippen molar-refractivity contribution in [3.05, 3.63) is 0 Å². The molecule has 0 amide bonds. The van der Waals surface area contributed by atoms with Crippen LogP contribution in [0.2, 0.25) is 0 Å². The molecule has 0 fully saturated rings. The van der Waals surface area contributed by atoms with Crippen LogP contribution >= 0.6 is 8.38 Å². The van der Waals surface area contributed by atoms with Crippen molar-refractivity contribution < 1.29 is 84.4 Å². The molecule has 0 rings (SSSR count). The van der Waals surface area contributed by atoms with Gasteiger partial charge in [0.05, 0.1) is 0 Å². The predicted octanol–water partition coefficient (Wildman–Crippen LogP) is 5.25. The summed E-state index contributed by atoms with van der Waals surface area (Å²) in [5.41, 5.74) is -7.13. The molecule has 0 radical (unpaired) electrons. The third-order valence-electron chi connectivity index (χ3n) is 2.96. The van der Waals surface area contributed by atoms with E-state index >= 15 is 0 Å². The van der Waals surface area contributed by atoms with Gasteiger partial charge in [0, 0.05) is 0 Å². The summed E-state index contributed by atoms with van der Waals surface area (Å²) in [6.45, 7) is 0. The smallest absolute Gasteiger partial charge is 0.346 e. The van der Waals surface area contributed by atoms with Crippen LogP contribution < -0.4 is 0 Å². The van der Waals surface area contributed by atoms with Crippen LogP contribution in [-0.4, -0.2) is 57.2 Å². The summed E-state index contributed by atoms with van der Waals surface area (Å²) in [6.07, 6.45) is -7.82. The average Bonchev–Trinajstić information content (AvgIpc) is 2.44. The summed E-state index contributed by atoms with van der Waals surface area (Å²) >= 11 is 0. The lowest BCUT2D eigenvalue weighted by Crippen LogP contribution is -2.74. The van der Waals surface area contributed by atoms with E-state index in [0.717, 1.165) is 0 Å². The highest BCUT2D eigenvalue weighted by Gasteiger charge is 2.95. The van der Waals surface area contributed by atoms with Crippen molar-refractivity contribution in [2.75, 3.05) is 0 Å². The van der Waals surface area contributed by atoms with Gasteiger partial charge >= 0.3 is 47.4 Å². The fourth-order valence-corrected chi connectivity index (χ4v) is 1.67. The third-order valence-corrected chi connectivity index (χ3v) is 3.74. The Morgan fingerprint density at radius 1 is 0.357 bits per heavy atom. The van der Waals surface area contributed by atoms with Crippen LogP contribution in [0.4, 0.5) is 74.6 Å². The molecule has 2 nitrogen and oxygen atoms in total. The normalized spacial score (nSPS) is 16.7. The van der Waals surface area contributed by atoms with Crippen molar-refractivity contribution in [1.29, 1.82) is 0 Å². The molecule has 20 heteroatoms. The van der Waals surface area contributed by atoms with Gasteiger partial charge in [0.25, 0.3) is 0 Å². The summed E-state index contributed by atoms with van der Waals surface area (Å²) in [5.74, 6) is -50.8. The zero-order valence-electron chi connectivity index (χ0n) is 11.8. The van der Waals surface area contributed by atoms with Gasteiger partial charge in [0.1, 0.15) is 0 Å². The van der Waals surface area contributed by atoms with Crippen LogP contribution in [0.1, 0.15) is 0 Å². The van der Waals surface area contributed by atoms with Gasteiger partial charge in [-0.15, -0.1) is 0 Å². The minimum atomic E-state index is -8.73. The Morgan fingerprint density at radius 3 is 0.786 bits per heavy atom. The van der Waals surface area contributed by atoms with Crippen LogP contribution in [0.5, 0.6) is 0 Å². The standard InChI is InChI=1S/C8H2F17O2P/c9-1(10,3(13,14)5(17,18)7(21,22)23)2(11,12)4(15,16)6(19,20)8(24,25)28(26)27/h26-27H. The molecule has 0 aromatic heterocycles. The van der Waals surface area contributed by atoms with E-state index in [2.05, 4.69) is 0 Å². The molecular weight excluding hydrogens is 482 g/mol. The molecule has 0 aromatic carbocycles. The quantitative estimate of drug-likeness (QED) is 0.383. The number of hydrogen-bond acceptors (Lipinski definition) is 2. The number of rotatable bonds is 7. The highest BCUT2D eigenvalue weighted by molar-refractivity contribution is 7.46. The molecule has 0 aliphatic rings. The second-order valence-electron chi connectivity index (χ2n) is 4.77. The van der Waals surface area contributed by atoms with E-state index in [1.165, 1.54) is 0 Å². The second-order valence-corrected chi connectivity index (χ2v) is 5.92. The van der Waals surface area contributed by atoms with Gasteiger partial charge < -0.3 is 9.79 Å². The topological polar surface area (TPSA) is 40.5 Å². The van der Waals surface area contributed by atoms with Crippen LogP contribution in [0.3, 0.4) is 0 Å². The first kappa shape index (κ1) is 27.2. The van der Waals surface area contributed by atoms with Gasteiger partial charge in [-0.1, -0.05) is 0 Å². The first-order valence-electron chi connectivity index (χ1n) is 5.59. The maximum Gasteiger partial charge on any atom is 0.460 e. The Hall–Kier alpha value is -0.840. The van der Waals surface area contributed by atoms with E-state index in [-0.39, 0.29) is 0 Å². The van der Waals surface area contributed by atoms with Gasteiger partial charge in [0.15, 0.2) is 0 Å². The van der Waals surface area contributed by atoms with Crippen LogP contribution in [0, 0.1) is 0 Å². The van der Waals surface area contributed by atoms with E-state index in [1.807, 2.05) is 0 Å². The van der Waals surface area contributed by atoms with Gasteiger partial charge in [-0.25, -0.2) is 0 Å². The van der Waals surface area contributed by atoms with E-state index < -0.39 is 55.8 Å². The lowest BCUT2D eigenvalue weighted by molar-refractivity contribution is -0.458. The molecule has 0 unspecified atom stereocenters. The summed E-state index contributed by atoms with van der Waals surface area (Å²) < 4.78 is 215. The molecule has 170 valence electrons. The molecule has 0 atom stereocenters. The van der Waals surface area contributed by atoms with E-state index in [9.17, 15) is 74.6 Å². The number of alkyl halides is 17. The fraction of sp³-hybridized carbons (Fsp3) is 1.00. The zero-order valence-corrected chi connectivity index (χ0v) is 12.7. The first-order chi connectivity index (χ1) is 11.7. The average molecular weight is 484 g/mol. The minimum absolute atomic E-state index is 5.71. The number of hydrogen-bond donors (Lipinski definition) is 2. The molecule has 0 aliphatic carbocycles. The van der Waals surface area contributed by atoms with Crippen molar-refractivity contribution in [1.82, 2.24) is 0 Å². The lowest BCUT2D eigenvalue weighted by Gasteiger charge is -2.42. The Labute approximate surface area is 141 Å². The highest BCUT2D eigenvalue weighted by Crippen LogP contribution is 2.67. The van der Waals surface area contributed by atoms with Gasteiger partial charge in [-0.3, -0.25) is 0 Å². The van der Waals surface area contributed by atoms with Crippen molar-refractivity contribution in [3.63, 3.8) is 0 Å². The van der Waals surface area contributed by atoms with E-state index in [1.54, 1.807) is 0 Å². The fourth-order valence-electron chi connectivity index (χ4n) is 1.28. The Balaban J connectivity index is 6.72. The van der Waals surface area contributed by atoms with Crippen LogP contribution in [0.25, 0.3) is 0 Å². The van der Waals surface area contributed by atoms with Gasteiger partial charge in [-0.2, -0.15) is 74.6 Å². The number of halogens is 17. The van der Waals surface area contributed by atoms with Crippen molar-refractivity contribution >= 4 is 8.38 Å². The minimum Gasteiger partial charge on any atom is -0.346 e. The van der Waals surface area contributed by atoms with Crippen molar-refractivity contribution in [2.24, 2.45) is 0 Å². The molecule has 0 aliphatic heterocycles. The van der Waals surface area contributed by atoms with E-state index in [0.29, 0.717) is 0 Å². The Morgan fingerprint density at radius 2 is 0.571 bits per heavy atom. The second kappa shape index (κ2) is 6.58. The largest absolute Gasteiger partial charge is 0.460 e. The zero-order chi connectivity index (χ0) is 23.6. The molecule has 2 N–H and O–H groups in total. The van der Waals surface area contributed by atoms with E-state index in [4.69, 9.17) is 9.79 Å².